The molecule has 3 rings (SSSR count). The molecule has 2 heterocycles. The van der Waals surface area contributed by atoms with Crippen LogP contribution in [0.15, 0.2) is 23.7 Å². The van der Waals surface area contributed by atoms with Crippen LogP contribution >= 0.6 is 11.3 Å². The van der Waals surface area contributed by atoms with Crippen LogP contribution < -0.4 is 16.0 Å². The van der Waals surface area contributed by atoms with E-state index >= 15 is 0 Å². The topological polar surface area (TPSA) is 60.2 Å². The van der Waals surface area contributed by atoms with Gasteiger partial charge >= 0.3 is 0 Å². The molecule has 1 unspecified atom stereocenters. The van der Waals surface area contributed by atoms with Crippen molar-refractivity contribution in [2.75, 3.05) is 6.61 Å². The summed E-state index contributed by atoms with van der Waals surface area (Å²) in [5.74, 6) is 6.74. The number of nitrogens with two attached hydrogens (primary N) is 1. The molecule has 2 aromatic rings. The van der Waals surface area contributed by atoms with Gasteiger partial charge in [-0.1, -0.05) is 12.1 Å². The predicted octanol–water partition coefficient (Wildman–Crippen LogP) is 2.52. The standard InChI is InChI=1S/C15H19N3OS/c1-10-15(20-9-17-10)13(18-16)4-2-11-3-5-14-12(8-11)6-7-19-14/h3,5,8-9,13,18H,2,4,6-7,16H2,1H3. The smallest absolute Gasteiger partial charge is 0.122 e. The Morgan fingerprint density at radius 2 is 2.40 bits per heavy atom. The largest absolute Gasteiger partial charge is 0.493 e. The van der Waals surface area contributed by atoms with Gasteiger partial charge in [0.2, 0.25) is 0 Å². The molecule has 0 amide bonds. The lowest BCUT2D eigenvalue weighted by atomic mass is 10.0. The van der Waals surface area contributed by atoms with E-state index in [1.807, 2.05) is 12.4 Å². The number of aryl methyl sites for hydroxylation is 2. The lowest BCUT2D eigenvalue weighted by Gasteiger charge is -2.15. The molecule has 1 aromatic heterocycles. The first kappa shape index (κ1) is 13.5. The highest BCUT2D eigenvalue weighted by Gasteiger charge is 2.16. The Morgan fingerprint density at radius 1 is 1.50 bits per heavy atom. The molecule has 0 radical (unpaired) electrons. The second-order valence-electron chi connectivity index (χ2n) is 5.10. The molecule has 0 fully saturated rings. The lowest BCUT2D eigenvalue weighted by Crippen LogP contribution is -2.28. The van der Waals surface area contributed by atoms with E-state index in [-0.39, 0.29) is 6.04 Å². The fraction of sp³-hybridized carbons (Fsp3) is 0.400. The number of nitrogens with one attached hydrogen (secondary N) is 1. The van der Waals surface area contributed by atoms with Gasteiger partial charge in [-0.25, -0.2) is 4.98 Å². The maximum atomic E-state index is 5.70. The molecule has 1 atom stereocenters. The zero-order valence-electron chi connectivity index (χ0n) is 11.6. The predicted molar refractivity (Wildman–Crippen MR) is 80.9 cm³/mol. The Labute approximate surface area is 123 Å². The first-order valence-corrected chi connectivity index (χ1v) is 7.76. The van der Waals surface area contributed by atoms with Gasteiger partial charge in [-0.15, -0.1) is 11.3 Å². The van der Waals surface area contributed by atoms with E-state index in [9.17, 15) is 0 Å². The number of fused-ring (bicyclic) bond motifs is 1. The zero-order chi connectivity index (χ0) is 13.9. The normalized spacial score (nSPS) is 14.9. The molecule has 0 saturated carbocycles. The first-order valence-electron chi connectivity index (χ1n) is 6.88. The van der Waals surface area contributed by atoms with Gasteiger partial charge in [0.25, 0.3) is 0 Å². The molecule has 1 aromatic carbocycles. The van der Waals surface area contributed by atoms with Gasteiger partial charge in [0.05, 0.1) is 23.9 Å². The molecule has 106 valence electrons. The van der Waals surface area contributed by atoms with Crippen molar-refractivity contribution in [2.24, 2.45) is 5.84 Å². The third-order valence-electron chi connectivity index (χ3n) is 3.78. The van der Waals surface area contributed by atoms with Gasteiger partial charge in [0.1, 0.15) is 5.75 Å². The Hall–Kier alpha value is -1.43. The van der Waals surface area contributed by atoms with Crippen molar-refractivity contribution in [3.63, 3.8) is 0 Å². The maximum absolute atomic E-state index is 5.70. The van der Waals surface area contributed by atoms with E-state index < -0.39 is 0 Å². The average molecular weight is 289 g/mol. The number of hydrogen-bond donors (Lipinski definition) is 2. The minimum atomic E-state index is 0.173. The highest BCUT2D eigenvalue weighted by Crippen LogP contribution is 2.28. The molecule has 0 spiro atoms. The van der Waals surface area contributed by atoms with Crippen LogP contribution in [0.2, 0.25) is 0 Å². The van der Waals surface area contributed by atoms with Crippen LogP contribution in [0, 0.1) is 6.92 Å². The van der Waals surface area contributed by atoms with Gasteiger partial charge in [-0.2, -0.15) is 0 Å². The summed E-state index contributed by atoms with van der Waals surface area (Å²) in [7, 11) is 0. The second kappa shape index (κ2) is 5.91. The summed E-state index contributed by atoms with van der Waals surface area (Å²) in [6, 6.07) is 6.67. The molecule has 5 heteroatoms. The third kappa shape index (κ3) is 2.70. The summed E-state index contributed by atoms with van der Waals surface area (Å²) in [6.45, 7) is 2.84. The van der Waals surface area contributed by atoms with Crippen molar-refractivity contribution in [3.05, 3.63) is 45.4 Å². The summed E-state index contributed by atoms with van der Waals surface area (Å²) in [5.41, 5.74) is 8.53. The molecule has 20 heavy (non-hydrogen) atoms. The Morgan fingerprint density at radius 3 is 3.15 bits per heavy atom. The fourth-order valence-corrected chi connectivity index (χ4v) is 3.54. The van der Waals surface area contributed by atoms with Crippen LogP contribution in [0.1, 0.15) is 34.2 Å². The highest BCUT2D eigenvalue weighted by atomic mass is 32.1. The maximum Gasteiger partial charge on any atom is 0.122 e. The number of aromatic nitrogens is 1. The quantitative estimate of drug-likeness (QED) is 0.656. The highest BCUT2D eigenvalue weighted by molar-refractivity contribution is 7.09. The number of hydrazine groups is 1. The van der Waals surface area contributed by atoms with E-state index in [0.29, 0.717) is 0 Å². The Kier molecular flexibility index (Phi) is 4.00. The number of ether oxygens (including phenoxy) is 1. The number of nitrogens with zero attached hydrogens (tertiary/aromatic N) is 1. The van der Waals surface area contributed by atoms with Gasteiger partial charge in [0.15, 0.2) is 0 Å². The first-order chi connectivity index (χ1) is 9.78. The molecule has 0 saturated heterocycles. The van der Waals surface area contributed by atoms with Gasteiger partial charge in [-0.05, 0) is 37.0 Å². The van der Waals surface area contributed by atoms with Crippen LogP contribution in [-0.4, -0.2) is 11.6 Å². The summed E-state index contributed by atoms with van der Waals surface area (Å²) >= 11 is 1.66. The number of hydrogen-bond acceptors (Lipinski definition) is 5. The SMILES string of the molecule is Cc1ncsc1C(CCc1ccc2c(c1)CCO2)NN. The van der Waals surface area contributed by atoms with Crippen molar-refractivity contribution in [3.8, 4) is 5.75 Å². The molecular weight excluding hydrogens is 270 g/mol. The second-order valence-corrected chi connectivity index (χ2v) is 5.99. The van der Waals surface area contributed by atoms with E-state index in [4.69, 9.17) is 10.6 Å². The minimum Gasteiger partial charge on any atom is -0.493 e. The number of rotatable bonds is 5. The van der Waals surface area contributed by atoms with Gasteiger partial charge in [-0.3, -0.25) is 11.3 Å². The molecule has 3 N–H and O–H groups in total. The third-order valence-corrected chi connectivity index (χ3v) is 4.82. The monoisotopic (exact) mass is 289 g/mol. The average Bonchev–Trinajstić information content (AvgIpc) is 3.08. The van der Waals surface area contributed by atoms with E-state index in [2.05, 4.69) is 28.6 Å². The zero-order valence-corrected chi connectivity index (χ0v) is 12.4. The summed E-state index contributed by atoms with van der Waals surface area (Å²) in [4.78, 5) is 5.53. The van der Waals surface area contributed by atoms with Crippen LogP contribution in [-0.2, 0) is 12.8 Å². The van der Waals surface area contributed by atoms with E-state index in [1.165, 1.54) is 16.0 Å². The van der Waals surface area contributed by atoms with Gasteiger partial charge < -0.3 is 4.74 Å². The van der Waals surface area contributed by atoms with Crippen molar-refractivity contribution in [2.45, 2.75) is 32.2 Å². The molecule has 0 bridgehead atoms. The van der Waals surface area contributed by atoms with Crippen molar-refractivity contribution in [1.29, 1.82) is 0 Å². The summed E-state index contributed by atoms with van der Waals surface area (Å²) < 4.78 is 5.54. The van der Waals surface area contributed by atoms with Crippen LogP contribution in [0.4, 0.5) is 0 Å². The molecule has 4 nitrogen and oxygen atoms in total. The van der Waals surface area contributed by atoms with E-state index in [1.54, 1.807) is 11.3 Å². The number of thiazole rings is 1. The van der Waals surface area contributed by atoms with Crippen LogP contribution in [0.3, 0.4) is 0 Å². The summed E-state index contributed by atoms with van der Waals surface area (Å²) in [5, 5.41) is 0. The molecular formula is C15H19N3OS. The van der Waals surface area contributed by atoms with Crippen LogP contribution in [0.5, 0.6) is 5.75 Å². The van der Waals surface area contributed by atoms with Crippen molar-refractivity contribution in [1.82, 2.24) is 10.4 Å². The molecule has 1 aliphatic rings. The summed E-state index contributed by atoms with van der Waals surface area (Å²) in [6.07, 6.45) is 2.99. The Bertz CT molecular complexity index is 597. The Balaban J connectivity index is 1.68. The fourth-order valence-electron chi connectivity index (χ4n) is 2.64. The molecule has 0 aliphatic carbocycles. The molecule has 1 aliphatic heterocycles. The van der Waals surface area contributed by atoms with Crippen molar-refractivity contribution < 1.29 is 4.74 Å². The number of benzene rings is 1. The minimum absolute atomic E-state index is 0.173. The van der Waals surface area contributed by atoms with Crippen LogP contribution in [0.25, 0.3) is 0 Å². The lowest BCUT2D eigenvalue weighted by molar-refractivity contribution is 0.357. The van der Waals surface area contributed by atoms with E-state index in [0.717, 1.165) is 37.3 Å². The van der Waals surface area contributed by atoms with Crippen molar-refractivity contribution >= 4 is 11.3 Å². The van der Waals surface area contributed by atoms with Gasteiger partial charge in [0, 0.05) is 11.3 Å².